The van der Waals surface area contributed by atoms with Crippen LogP contribution in [-0.4, -0.2) is 28.8 Å². The summed E-state index contributed by atoms with van der Waals surface area (Å²) < 4.78 is 0.944. The van der Waals surface area contributed by atoms with Gasteiger partial charge in [-0.15, -0.1) is 0 Å². The molecule has 0 heterocycles. The van der Waals surface area contributed by atoms with E-state index in [1.165, 1.54) is 0 Å². The summed E-state index contributed by atoms with van der Waals surface area (Å²) in [6, 6.07) is 25.2. The van der Waals surface area contributed by atoms with Crippen LogP contribution >= 0.6 is 15.9 Å². The second-order valence-electron chi connectivity index (χ2n) is 8.84. The molecule has 0 fully saturated rings. The lowest BCUT2D eigenvalue weighted by Gasteiger charge is -2.32. The third-order valence-corrected chi connectivity index (χ3v) is 6.45. The lowest BCUT2D eigenvalue weighted by atomic mass is 10.0. The molecular formula is C29H33BrN2O2. The lowest BCUT2D eigenvalue weighted by Crippen LogP contribution is -2.52. The number of rotatable bonds is 10. The van der Waals surface area contributed by atoms with E-state index in [9.17, 15) is 9.59 Å². The van der Waals surface area contributed by atoms with Gasteiger partial charge in [-0.2, -0.15) is 0 Å². The van der Waals surface area contributed by atoms with Crippen LogP contribution in [0, 0.1) is 6.92 Å². The molecule has 2 unspecified atom stereocenters. The van der Waals surface area contributed by atoms with Crippen molar-refractivity contribution in [2.75, 3.05) is 0 Å². The maximum absolute atomic E-state index is 13.7. The van der Waals surface area contributed by atoms with Crippen molar-refractivity contribution in [2.45, 2.75) is 58.7 Å². The molecule has 5 heteroatoms. The van der Waals surface area contributed by atoms with Crippen molar-refractivity contribution in [3.8, 4) is 0 Å². The molecule has 2 amide bonds. The van der Waals surface area contributed by atoms with Gasteiger partial charge in [0.25, 0.3) is 0 Å². The molecule has 0 radical (unpaired) electrons. The Balaban J connectivity index is 1.97. The minimum absolute atomic E-state index is 0.0327. The molecule has 0 aliphatic heterocycles. The van der Waals surface area contributed by atoms with Crippen molar-refractivity contribution in [2.24, 2.45) is 0 Å². The number of aryl methyl sites for hydroxylation is 1. The van der Waals surface area contributed by atoms with E-state index >= 15 is 0 Å². The molecule has 34 heavy (non-hydrogen) atoms. The second-order valence-corrected chi connectivity index (χ2v) is 9.76. The molecule has 0 saturated carbocycles. The van der Waals surface area contributed by atoms with E-state index in [2.05, 4.69) is 21.2 Å². The maximum atomic E-state index is 13.7. The zero-order valence-corrected chi connectivity index (χ0v) is 21.7. The van der Waals surface area contributed by atoms with Gasteiger partial charge in [-0.3, -0.25) is 9.59 Å². The summed E-state index contributed by atoms with van der Waals surface area (Å²) in [6.45, 7) is 6.41. The SMILES string of the molecule is CCC(C)NC(=O)C(Cc1ccccc1)N(Cc1cccc(Br)c1)C(=O)Cc1cccc(C)c1. The number of hydrogen-bond acceptors (Lipinski definition) is 2. The topological polar surface area (TPSA) is 49.4 Å². The van der Waals surface area contributed by atoms with Gasteiger partial charge in [-0.1, -0.05) is 95.1 Å². The highest BCUT2D eigenvalue weighted by Crippen LogP contribution is 2.19. The third kappa shape index (κ3) is 7.56. The van der Waals surface area contributed by atoms with Crippen molar-refractivity contribution >= 4 is 27.7 Å². The number of carbonyl (C=O) groups is 2. The van der Waals surface area contributed by atoms with Gasteiger partial charge >= 0.3 is 0 Å². The average Bonchev–Trinajstić information content (AvgIpc) is 2.81. The van der Waals surface area contributed by atoms with E-state index < -0.39 is 6.04 Å². The van der Waals surface area contributed by atoms with E-state index in [1.807, 2.05) is 99.6 Å². The number of nitrogens with one attached hydrogen (secondary N) is 1. The summed E-state index contributed by atoms with van der Waals surface area (Å²) in [7, 11) is 0. The maximum Gasteiger partial charge on any atom is 0.243 e. The summed E-state index contributed by atoms with van der Waals surface area (Å²) in [6.07, 6.45) is 1.53. The van der Waals surface area contributed by atoms with Crippen LogP contribution in [0.4, 0.5) is 0 Å². The Kier molecular flexibility index (Phi) is 9.46. The standard InChI is InChI=1S/C29H33BrN2O2/c1-4-22(3)31-29(34)27(18-23-11-6-5-7-12-23)32(20-25-14-9-15-26(30)17-25)28(33)19-24-13-8-10-21(2)16-24/h5-17,22,27H,4,18-20H2,1-3H3,(H,31,34). The number of benzene rings is 3. The van der Waals surface area contributed by atoms with E-state index in [4.69, 9.17) is 0 Å². The Bertz CT molecular complexity index is 1100. The first kappa shape index (κ1) is 25.7. The summed E-state index contributed by atoms with van der Waals surface area (Å²) in [5, 5.41) is 3.11. The summed E-state index contributed by atoms with van der Waals surface area (Å²) in [4.78, 5) is 29.0. The van der Waals surface area contributed by atoms with Crippen LogP contribution in [0.25, 0.3) is 0 Å². The van der Waals surface area contributed by atoms with Crippen molar-refractivity contribution < 1.29 is 9.59 Å². The molecule has 4 nitrogen and oxygen atoms in total. The highest BCUT2D eigenvalue weighted by atomic mass is 79.9. The van der Waals surface area contributed by atoms with E-state index in [0.717, 1.165) is 33.1 Å². The molecule has 3 aromatic rings. The third-order valence-electron chi connectivity index (χ3n) is 5.95. The smallest absolute Gasteiger partial charge is 0.243 e. The Morgan fingerprint density at radius 2 is 1.59 bits per heavy atom. The Morgan fingerprint density at radius 1 is 0.912 bits per heavy atom. The molecule has 0 bridgehead atoms. The fraction of sp³-hybridized carbons (Fsp3) is 0.310. The summed E-state index contributed by atoms with van der Waals surface area (Å²) in [5.41, 5.74) is 4.06. The van der Waals surface area contributed by atoms with Crippen LogP contribution in [0.3, 0.4) is 0 Å². The minimum atomic E-state index is -0.618. The number of hydrogen-bond donors (Lipinski definition) is 1. The normalized spacial score (nSPS) is 12.6. The molecule has 2 atom stereocenters. The van der Waals surface area contributed by atoms with Crippen molar-refractivity contribution in [3.63, 3.8) is 0 Å². The zero-order valence-electron chi connectivity index (χ0n) is 20.1. The van der Waals surface area contributed by atoms with Gasteiger partial charge < -0.3 is 10.2 Å². The number of carbonyl (C=O) groups excluding carboxylic acids is 2. The van der Waals surface area contributed by atoms with Crippen LogP contribution in [-0.2, 0) is 29.0 Å². The Morgan fingerprint density at radius 3 is 2.26 bits per heavy atom. The predicted octanol–water partition coefficient (Wildman–Crippen LogP) is 5.85. The van der Waals surface area contributed by atoms with Crippen molar-refractivity contribution in [3.05, 3.63) is 106 Å². The Hall–Kier alpha value is -2.92. The quantitative estimate of drug-likeness (QED) is 0.364. The molecule has 1 N–H and O–H groups in total. The largest absolute Gasteiger partial charge is 0.352 e. The van der Waals surface area contributed by atoms with Gasteiger partial charge in [0, 0.05) is 23.5 Å². The molecular weight excluding hydrogens is 488 g/mol. The summed E-state index contributed by atoms with van der Waals surface area (Å²) in [5.74, 6) is -0.184. The average molecular weight is 521 g/mol. The van der Waals surface area contributed by atoms with E-state index in [1.54, 1.807) is 4.90 Å². The number of nitrogens with zero attached hydrogens (tertiary/aromatic N) is 1. The molecule has 0 aromatic heterocycles. The van der Waals surface area contributed by atoms with Crippen molar-refractivity contribution in [1.82, 2.24) is 10.2 Å². The fourth-order valence-electron chi connectivity index (χ4n) is 3.93. The van der Waals surface area contributed by atoms with E-state index in [-0.39, 0.29) is 24.3 Å². The van der Waals surface area contributed by atoms with Gasteiger partial charge in [-0.05, 0) is 49.1 Å². The van der Waals surface area contributed by atoms with Gasteiger partial charge in [0.15, 0.2) is 0 Å². The molecule has 3 aromatic carbocycles. The van der Waals surface area contributed by atoms with Crippen LogP contribution in [0.2, 0.25) is 0 Å². The number of halogens is 1. The second kappa shape index (κ2) is 12.5. The molecule has 0 spiro atoms. The first-order valence-corrected chi connectivity index (χ1v) is 12.6. The van der Waals surface area contributed by atoms with Crippen LogP contribution in [0.5, 0.6) is 0 Å². The van der Waals surface area contributed by atoms with E-state index in [0.29, 0.717) is 13.0 Å². The lowest BCUT2D eigenvalue weighted by molar-refractivity contribution is -0.141. The monoisotopic (exact) mass is 520 g/mol. The highest BCUT2D eigenvalue weighted by Gasteiger charge is 2.31. The van der Waals surface area contributed by atoms with Gasteiger partial charge in [0.2, 0.25) is 11.8 Å². The molecule has 0 saturated heterocycles. The molecule has 0 aliphatic rings. The highest BCUT2D eigenvalue weighted by molar-refractivity contribution is 9.10. The first-order valence-electron chi connectivity index (χ1n) is 11.8. The van der Waals surface area contributed by atoms with Crippen LogP contribution in [0.1, 0.15) is 42.5 Å². The van der Waals surface area contributed by atoms with Crippen LogP contribution in [0.15, 0.2) is 83.3 Å². The summed E-state index contributed by atoms with van der Waals surface area (Å²) >= 11 is 3.53. The zero-order chi connectivity index (χ0) is 24.5. The van der Waals surface area contributed by atoms with Crippen LogP contribution < -0.4 is 5.32 Å². The number of amides is 2. The molecule has 178 valence electrons. The molecule has 3 rings (SSSR count). The fourth-order valence-corrected chi connectivity index (χ4v) is 4.37. The molecule has 0 aliphatic carbocycles. The predicted molar refractivity (Wildman–Crippen MR) is 141 cm³/mol. The Labute approximate surface area is 211 Å². The van der Waals surface area contributed by atoms with Gasteiger partial charge in [0.1, 0.15) is 6.04 Å². The van der Waals surface area contributed by atoms with Gasteiger partial charge in [-0.25, -0.2) is 0 Å². The van der Waals surface area contributed by atoms with Crippen molar-refractivity contribution in [1.29, 1.82) is 0 Å². The minimum Gasteiger partial charge on any atom is -0.352 e. The first-order chi connectivity index (χ1) is 16.4. The van der Waals surface area contributed by atoms with Gasteiger partial charge in [0.05, 0.1) is 6.42 Å².